The van der Waals surface area contributed by atoms with Crippen molar-refractivity contribution in [2.75, 3.05) is 11.1 Å². The van der Waals surface area contributed by atoms with Gasteiger partial charge in [-0.3, -0.25) is 4.79 Å². The maximum atomic E-state index is 13.0. The molecule has 0 unspecified atom stereocenters. The van der Waals surface area contributed by atoms with E-state index < -0.39 is 5.82 Å². The molecule has 0 saturated carbocycles. The number of hydrogen-bond donors (Lipinski definition) is 2. The van der Waals surface area contributed by atoms with Crippen LogP contribution in [0.4, 0.5) is 15.8 Å². The summed E-state index contributed by atoms with van der Waals surface area (Å²) in [5, 5.41) is 2.58. The number of hydrogen-bond acceptors (Lipinski definition) is 2. The Morgan fingerprint density at radius 3 is 2.50 bits per heavy atom. The van der Waals surface area contributed by atoms with Crippen LogP contribution >= 0.6 is 22.6 Å². The number of rotatable bonds is 2. The molecule has 0 aliphatic carbocycles. The summed E-state index contributed by atoms with van der Waals surface area (Å²) in [5.74, 6) is -0.759. The molecule has 5 heteroatoms. The highest BCUT2D eigenvalue weighted by Gasteiger charge is 2.08. The standard InChI is InChI=1S/C13H10FIN2O/c14-9-3-6-11(16)12(7-9)17-13(18)8-1-4-10(15)5-2-8/h1-7H,16H2,(H,17,18). The van der Waals surface area contributed by atoms with Gasteiger partial charge in [0.05, 0.1) is 11.4 Å². The number of nitrogens with one attached hydrogen (secondary N) is 1. The highest BCUT2D eigenvalue weighted by molar-refractivity contribution is 14.1. The lowest BCUT2D eigenvalue weighted by Crippen LogP contribution is -2.13. The van der Waals surface area contributed by atoms with Crippen LogP contribution in [-0.4, -0.2) is 5.91 Å². The zero-order valence-electron chi connectivity index (χ0n) is 9.28. The van der Waals surface area contributed by atoms with E-state index in [1.54, 1.807) is 12.1 Å². The van der Waals surface area contributed by atoms with E-state index >= 15 is 0 Å². The maximum Gasteiger partial charge on any atom is 0.255 e. The van der Waals surface area contributed by atoms with Gasteiger partial charge in [-0.1, -0.05) is 0 Å². The van der Waals surface area contributed by atoms with Crippen molar-refractivity contribution in [3.05, 3.63) is 57.4 Å². The lowest BCUT2D eigenvalue weighted by Gasteiger charge is -2.08. The fraction of sp³-hybridized carbons (Fsp3) is 0. The Hall–Kier alpha value is -1.63. The molecule has 0 radical (unpaired) electrons. The minimum Gasteiger partial charge on any atom is -0.397 e. The summed E-state index contributed by atoms with van der Waals surface area (Å²) in [7, 11) is 0. The predicted molar refractivity (Wildman–Crippen MR) is 77.9 cm³/mol. The minimum atomic E-state index is -0.442. The zero-order chi connectivity index (χ0) is 13.1. The Kier molecular flexibility index (Phi) is 3.81. The maximum absolute atomic E-state index is 13.0. The van der Waals surface area contributed by atoms with Gasteiger partial charge < -0.3 is 11.1 Å². The van der Waals surface area contributed by atoms with E-state index in [9.17, 15) is 9.18 Å². The fourth-order valence-corrected chi connectivity index (χ4v) is 1.79. The zero-order valence-corrected chi connectivity index (χ0v) is 11.4. The van der Waals surface area contributed by atoms with E-state index in [-0.39, 0.29) is 11.6 Å². The first-order chi connectivity index (χ1) is 8.56. The number of halogens is 2. The number of carbonyl (C=O) groups is 1. The topological polar surface area (TPSA) is 55.1 Å². The quantitative estimate of drug-likeness (QED) is 0.641. The number of nitrogen functional groups attached to an aromatic ring is 1. The van der Waals surface area contributed by atoms with Crippen LogP contribution in [0.3, 0.4) is 0 Å². The largest absolute Gasteiger partial charge is 0.397 e. The van der Waals surface area contributed by atoms with Gasteiger partial charge >= 0.3 is 0 Å². The Labute approximate surface area is 117 Å². The smallest absolute Gasteiger partial charge is 0.255 e. The van der Waals surface area contributed by atoms with Gasteiger partial charge in [0.2, 0.25) is 0 Å². The summed E-state index contributed by atoms with van der Waals surface area (Å²) in [4.78, 5) is 11.9. The predicted octanol–water partition coefficient (Wildman–Crippen LogP) is 3.26. The van der Waals surface area contributed by atoms with Crippen molar-refractivity contribution in [2.45, 2.75) is 0 Å². The van der Waals surface area contributed by atoms with Gasteiger partial charge in [-0.05, 0) is 65.1 Å². The van der Waals surface area contributed by atoms with Crippen molar-refractivity contribution in [2.24, 2.45) is 0 Å². The first-order valence-electron chi connectivity index (χ1n) is 5.18. The molecule has 0 saturated heterocycles. The summed E-state index contributed by atoms with van der Waals surface area (Å²) < 4.78 is 14.1. The molecule has 0 heterocycles. The fourth-order valence-electron chi connectivity index (χ4n) is 1.43. The summed E-state index contributed by atoms with van der Waals surface area (Å²) in [6.45, 7) is 0. The molecule has 0 fully saturated rings. The number of anilines is 2. The second-order valence-corrected chi connectivity index (χ2v) is 4.94. The van der Waals surface area contributed by atoms with Crippen LogP contribution < -0.4 is 11.1 Å². The first-order valence-corrected chi connectivity index (χ1v) is 6.26. The van der Waals surface area contributed by atoms with Crippen LogP contribution in [0, 0.1) is 9.39 Å². The van der Waals surface area contributed by atoms with Gasteiger partial charge in [0.1, 0.15) is 5.82 Å². The van der Waals surface area contributed by atoms with Crippen molar-refractivity contribution in [1.82, 2.24) is 0 Å². The molecule has 2 aromatic rings. The van der Waals surface area contributed by atoms with Crippen LogP contribution in [0.5, 0.6) is 0 Å². The van der Waals surface area contributed by atoms with E-state index in [4.69, 9.17) is 5.73 Å². The van der Waals surface area contributed by atoms with Crippen LogP contribution in [0.2, 0.25) is 0 Å². The molecule has 92 valence electrons. The SMILES string of the molecule is Nc1ccc(F)cc1NC(=O)c1ccc(I)cc1. The molecule has 0 bridgehead atoms. The molecular weight excluding hydrogens is 346 g/mol. The number of carbonyl (C=O) groups excluding carboxylic acids is 1. The molecule has 2 aromatic carbocycles. The van der Waals surface area contributed by atoms with Crippen molar-refractivity contribution in [3.63, 3.8) is 0 Å². The molecular formula is C13H10FIN2O. The Bertz CT molecular complexity index is 584. The summed E-state index contributed by atoms with van der Waals surface area (Å²) in [5.41, 5.74) is 6.76. The van der Waals surface area contributed by atoms with Crippen LogP contribution in [0.1, 0.15) is 10.4 Å². The molecule has 3 nitrogen and oxygen atoms in total. The van der Waals surface area contributed by atoms with Crippen molar-refractivity contribution in [1.29, 1.82) is 0 Å². The van der Waals surface area contributed by atoms with E-state index in [1.165, 1.54) is 18.2 Å². The third-order valence-electron chi connectivity index (χ3n) is 2.37. The second-order valence-electron chi connectivity index (χ2n) is 3.69. The van der Waals surface area contributed by atoms with E-state index in [0.717, 1.165) is 3.57 Å². The number of nitrogens with two attached hydrogens (primary N) is 1. The van der Waals surface area contributed by atoms with E-state index in [2.05, 4.69) is 27.9 Å². The molecule has 0 aromatic heterocycles. The van der Waals surface area contributed by atoms with Gasteiger partial charge in [-0.25, -0.2) is 4.39 Å². The number of benzene rings is 2. The van der Waals surface area contributed by atoms with Crippen molar-refractivity contribution in [3.8, 4) is 0 Å². The molecule has 2 rings (SSSR count). The average Bonchev–Trinajstić information content (AvgIpc) is 2.34. The second kappa shape index (κ2) is 5.34. The molecule has 0 atom stereocenters. The summed E-state index contributed by atoms with van der Waals surface area (Å²) >= 11 is 2.15. The Balaban J connectivity index is 2.21. The van der Waals surface area contributed by atoms with Gasteiger partial charge in [0.25, 0.3) is 5.91 Å². The number of amides is 1. The highest BCUT2D eigenvalue weighted by Crippen LogP contribution is 2.20. The van der Waals surface area contributed by atoms with Crippen LogP contribution in [0.15, 0.2) is 42.5 Å². The van der Waals surface area contributed by atoms with Gasteiger partial charge in [-0.15, -0.1) is 0 Å². The average molecular weight is 356 g/mol. The Morgan fingerprint density at radius 1 is 1.17 bits per heavy atom. The lowest BCUT2D eigenvalue weighted by atomic mass is 10.2. The van der Waals surface area contributed by atoms with E-state index in [0.29, 0.717) is 11.3 Å². The summed E-state index contributed by atoms with van der Waals surface area (Å²) in [6, 6.07) is 10.9. The highest BCUT2D eigenvalue weighted by atomic mass is 127. The normalized spacial score (nSPS) is 10.1. The molecule has 0 aliphatic heterocycles. The molecule has 1 amide bonds. The molecule has 0 aliphatic rings. The molecule has 3 N–H and O–H groups in total. The Morgan fingerprint density at radius 2 is 1.83 bits per heavy atom. The van der Waals surface area contributed by atoms with E-state index in [1.807, 2.05) is 12.1 Å². The monoisotopic (exact) mass is 356 g/mol. The van der Waals surface area contributed by atoms with Gasteiger partial charge in [0, 0.05) is 9.13 Å². The lowest BCUT2D eigenvalue weighted by molar-refractivity contribution is 0.102. The molecule has 18 heavy (non-hydrogen) atoms. The summed E-state index contributed by atoms with van der Waals surface area (Å²) in [6.07, 6.45) is 0. The third-order valence-corrected chi connectivity index (χ3v) is 3.09. The first kappa shape index (κ1) is 12.8. The van der Waals surface area contributed by atoms with Gasteiger partial charge in [-0.2, -0.15) is 0 Å². The third kappa shape index (κ3) is 2.98. The minimum absolute atomic E-state index is 0.276. The van der Waals surface area contributed by atoms with Crippen molar-refractivity contribution >= 4 is 39.9 Å². The van der Waals surface area contributed by atoms with Gasteiger partial charge in [0.15, 0.2) is 0 Å². The van der Waals surface area contributed by atoms with Crippen LogP contribution in [-0.2, 0) is 0 Å². The molecule has 0 spiro atoms. The van der Waals surface area contributed by atoms with Crippen molar-refractivity contribution < 1.29 is 9.18 Å². The van der Waals surface area contributed by atoms with Crippen LogP contribution in [0.25, 0.3) is 0 Å².